The first-order valence-corrected chi connectivity index (χ1v) is 11.7. The lowest BCUT2D eigenvalue weighted by atomic mass is 9.88. The Bertz CT molecular complexity index is 875. The molecule has 0 saturated carbocycles. The lowest BCUT2D eigenvalue weighted by molar-refractivity contribution is -0.125. The van der Waals surface area contributed by atoms with Crippen molar-refractivity contribution in [3.05, 3.63) is 58.3 Å². The van der Waals surface area contributed by atoms with Crippen LogP contribution < -0.4 is 10.6 Å². The SMILES string of the molecule is CC(C)C(C)NC(=O)C(NC(=O)c1ccccc1)C1CCN(C(=O)c2cccs2)CC1. The normalized spacial score (nSPS) is 16.6. The topological polar surface area (TPSA) is 78.5 Å². The molecule has 1 saturated heterocycles. The molecule has 1 aromatic heterocycles. The maximum absolute atomic E-state index is 13.1. The highest BCUT2D eigenvalue weighted by Crippen LogP contribution is 2.24. The minimum atomic E-state index is -0.632. The second-order valence-electron chi connectivity index (χ2n) is 8.47. The van der Waals surface area contributed by atoms with E-state index in [-0.39, 0.29) is 29.7 Å². The van der Waals surface area contributed by atoms with Gasteiger partial charge in [-0.2, -0.15) is 0 Å². The van der Waals surface area contributed by atoms with Crippen LogP contribution in [-0.2, 0) is 4.79 Å². The molecule has 2 N–H and O–H groups in total. The second kappa shape index (κ2) is 10.6. The average Bonchev–Trinajstić information content (AvgIpc) is 3.32. The van der Waals surface area contributed by atoms with E-state index in [4.69, 9.17) is 0 Å². The summed E-state index contributed by atoms with van der Waals surface area (Å²) in [6, 6.07) is 12.0. The van der Waals surface area contributed by atoms with Gasteiger partial charge >= 0.3 is 0 Å². The molecule has 3 amide bonds. The van der Waals surface area contributed by atoms with E-state index < -0.39 is 6.04 Å². The number of thiophene rings is 1. The Morgan fingerprint density at radius 1 is 0.968 bits per heavy atom. The molecule has 3 rings (SSSR count). The number of amides is 3. The summed E-state index contributed by atoms with van der Waals surface area (Å²) in [5.41, 5.74) is 0.530. The van der Waals surface area contributed by atoms with Crippen LogP contribution >= 0.6 is 11.3 Å². The summed E-state index contributed by atoms with van der Waals surface area (Å²) >= 11 is 1.44. The van der Waals surface area contributed by atoms with Crippen molar-refractivity contribution < 1.29 is 14.4 Å². The number of hydrogen-bond acceptors (Lipinski definition) is 4. The molecule has 2 heterocycles. The van der Waals surface area contributed by atoms with Gasteiger partial charge in [0.25, 0.3) is 11.8 Å². The Morgan fingerprint density at radius 2 is 1.65 bits per heavy atom. The number of nitrogens with zero attached hydrogens (tertiary/aromatic N) is 1. The summed E-state index contributed by atoms with van der Waals surface area (Å²) in [6.07, 6.45) is 1.33. The molecule has 0 aliphatic carbocycles. The Hall–Kier alpha value is -2.67. The van der Waals surface area contributed by atoms with Crippen molar-refractivity contribution in [2.45, 2.75) is 45.7 Å². The number of carbonyl (C=O) groups excluding carboxylic acids is 3. The third kappa shape index (κ3) is 5.94. The van der Waals surface area contributed by atoms with Gasteiger partial charge < -0.3 is 15.5 Å². The van der Waals surface area contributed by atoms with Crippen LogP contribution in [0.15, 0.2) is 47.8 Å². The zero-order valence-corrected chi connectivity index (χ0v) is 19.2. The van der Waals surface area contributed by atoms with Crippen LogP contribution in [-0.4, -0.2) is 47.8 Å². The molecule has 2 unspecified atom stereocenters. The first kappa shape index (κ1) is 23.0. The number of benzene rings is 1. The molecule has 6 nitrogen and oxygen atoms in total. The van der Waals surface area contributed by atoms with E-state index in [0.29, 0.717) is 37.4 Å². The molecule has 1 aliphatic rings. The lowest BCUT2D eigenvalue weighted by Crippen LogP contribution is -2.55. The van der Waals surface area contributed by atoms with Crippen molar-refractivity contribution in [2.24, 2.45) is 11.8 Å². The van der Waals surface area contributed by atoms with Crippen LogP contribution in [0.4, 0.5) is 0 Å². The van der Waals surface area contributed by atoms with Gasteiger partial charge in [0, 0.05) is 24.7 Å². The molecular weight excluding hydrogens is 410 g/mol. The third-order valence-corrected chi connectivity index (χ3v) is 6.86. The lowest BCUT2D eigenvalue weighted by Gasteiger charge is -2.36. The molecule has 1 fully saturated rings. The fraction of sp³-hybridized carbons (Fsp3) is 0.458. The number of hydrogen-bond donors (Lipinski definition) is 2. The predicted molar refractivity (Wildman–Crippen MR) is 123 cm³/mol. The Kier molecular flexibility index (Phi) is 7.85. The predicted octanol–water partition coefficient (Wildman–Crippen LogP) is 3.56. The first-order valence-electron chi connectivity index (χ1n) is 10.9. The summed E-state index contributed by atoms with van der Waals surface area (Å²) in [5.74, 6) is -0.112. The number of nitrogens with one attached hydrogen (secondary N) is 2. The van der Waals surface area contributed by atoms with Crippen molar-refractivity contribution in [2.75, 3.05) is 13.1 Å². The van der Waals surface area contributed by atoms with Crippen molar-refractivity contribution in [3.63, 3.8) is 0 Å². The van der Waals surface area contributed by atoms with E-state index in [0.717, 1.165) is 4.88 Å². The summed E-state index contributed by atoms with van der Waals surface area (Å²) in [7, 11) is 0. The number of likely N-dealkylation sites (tertiary alicyclic amines) is 1. The van der Waals surface area contributed by atoms with E-state index in [2.05, 4.69) is 24.5 Å². The molecule has 166 valence electrons. The summed E-state index contributed by atoms with van der Waals surface area (Å²) in [5, 5.41) is 7.92. The van der Waals surface area contributed by atoms with E-state index in [1.165, 1.54) is 11.3 Å². The van der Waals surface area contributed by atoms with Crippen LogP contribution in [0.1, 0.15) is 53.6 Å². The molecule has 7 heteroatoms. The third-order valence-electron chi connectivity index (χ3n) is 6.01. The molecule has 0 spiro atoms. The fourth-order valence-electron chi connectivity index (χ4n) is 3.68. The molecule has 1 aliphatic heterocycles. The average molecular weight is 442 g/mol. The van der Waals surface area contributed by atoms with Crippen molar-refractivity contribution in [1.82, 2.24) is 15.5 Å². The van der Waals surface area contributed by atoms with E-state index in [1.54, 1.807) is 24.3 Å². The van der Waals surface area contributed by atoms with E-state index in [1.807, 2.05) is 35.4 Å². The highest BCUT2D eigenvalue weighted by atomic mass is 32.1. The Morgan fingerprint density at radius 3 is 2.23 bits per heavy atom. The summed E-state index contributed by atoms with van der Waals surface area (Å²) < 4.78 is 0. The van der Waals surface area contributed by atoms with Crippen molar-refractivity contribution in [1.29, 1.82) is 0 Å². The van der Waals surface area contributed by atoms with Crippen LogP contribution in [0.5, 0.6) is 0 Å². The monoisotopic (exact) mass is 441 g/mol. The maximum Gasteiger partial charge on any atom is 0.263 e. The minimum Gasteiger partial charge on any atom is -0.352 e. The van der Waals surface area contributed by atoms with Crippen molar-refractivity contribution in [3.8, 4) is 0 Å². The molecule has 0 radical (unpaired) electrons. The van der Waals surface area contributed by atoms with E-state index in [9.17, 15) is 14.4 Å². The molecule has 31 heavy (non-hydrogen) atoms. The quantitative estimate of drug-likeness (QED) is 0.690. The van der Waals surface area contributed by atoms with Gasteiger partial charge in [-0.15, -0.1) is 11.3 Å². The fourth-order valence-corrected chi connectivity index (χ4v) is 4.38. The second-order valence-corrected chi connectivity index (χ2v) is 9.41. The molecule has 2 atom stereocenters. The number of rotatable bonds is 7. The maximum atomic E-state index is 13.1. The Labute approximate surface area is 188 Å². The highest BCUT2D eigenvalue weighted by molar-refractivity contribution is 7.12. The van der Waals surface area contributed by atoms with Gasteiger partial charge in [-0.25, -0.2) is 0 Å². The van der Waals surface area contributed by atoms with Crippen LogP contribution in [0.2, 0.25) is 0 Å². The largest absolute Gasteiger partial charge is 0.352 e. The zero-order valence-electron chi connectivity index (χ0n) is 18.3. The Balaban J connectivity index is 1.69. The van der Waals surface area contributed by atoms with Crippen LogP contribution in [0.3, 0.4) is 0 Å². The van der Waals surface area contributed by atoms with Crippen LogP contribution in [0, 0.1) is 11.8 Å². The van der Waals surface area contributed by atoms with Crippen LogP contribution in [0.25, 0.3) is 0 Å². The van der Waals surface area contributed by atoms with Crippen molar-refractivity contribution >= 4 is 29.1 Å². The van der Waals surface area contributed by atoms with Gasteiger partial charge in [0.2, 0.25) is 5.91 Å². The van der Waals surface area contributed by atoms with E-state index >= 15 is 0 Å². The van der Waals surface area contributed by atoms with Gasteiger partial charge in [0.05, 0.1) is 4.88 Å². The van der Waals surface area contributed by atoms with Gasteiger partial charge in [-0.3, -0.25) is 14.4 Å². The van der Waals surface area contributed by atoms with Gasteiger partial charge in [0.15, 0.2) is 0 Å². The molecular formula is C24H31N3O3S. The smallest absolute Gasteiger partial charge is 0.263 e. The molecule has 1 aromatic carbocycles. The zero-order chi connectivity index (χ0) is 22.4. The number of piperidine rings is 1. The van der Waals surface area contributed by atoms with Gasteiger partial charge in [-0.1, -0.05) is 38.1 Å². The summed E-state index contributed by atoms with van der Waals surface area (Å²) in [6.45, 7) is 7.23. The standard InChI is InChI=1S/C24H31N3O3S/c1-16(2)17(3)25-23(29)21(26-22(28)19-8-5-4-6-9-19)18-11-13-27(14-12-18)24(30)20-10-7-15-31-20/h4-10,15-18,21H,11-14H2,1-3H3,(H,25,29)(H,26,28). The molecule has 0 bridgehead atoms. The van der Waals surface area contributed by atoms with Gasteiger partial charge in [-0.05, 0) is 55.2 Å². The van der Waals surface area contributed by atoms with Gasteiger partial charge in [0.1, 0.15) is 6.04 Å². The highest BCUT2D eigenvalue weighted by Gasteiger charge is 2.35. The minimum absolute atomic E-state index is 0.00382. The summed E-state index contributed by atoms with van der Waals surface area (Å²) in [4.78, 5) is 41.1. The number of carbonyl (C=O) groups is 3. The molecule has 2 aromatic rings. The first-order chi connectivity index (χ1) is 14.9.